The maximum Gasteiger partial charge on any atom is 0.122 e. The number of phenols is 1. The van der Waals surface area contributed by atoms with E-state index in [1.807, 2.05) is 12.1 Å². The van der Waals surface area contributed by atoms with Crippen molar-refractivity contribution >= 4 is 12.0 Å². The van der Waals surface area contributed by atoms with Crippen LogP contribution in [0, 0.1) is 0 Å². The fourth-order valence-electron chi connectivity index (χ4n) is 2.33. The summed E-state index contributed by atoms with van der Waals surface area (Å²) in [5.41, 5.74) is 2.05. The van der Waals surface area contributed by atoms with Crippen LogP contribution in [0.4, 0.5) is 5.69 Å². The number of carbonyl (C=O) groups is 1. The van der Waals surface area contributed by atoms with E-state index in [4.69, 9.17) is 0 Å². The molecule has 1 atom stereocenters. The Morgan fingerprint density at radius 1 is 1.60 bits per heavy atom. The highest BCUT2D eigenvalue weighted by molar-refractivity contribution is 5.66. The van der Waals surface area contributed by atoms with Gasteiger partial charge in [-0.15, -0.1) is 0 Å². The SMILES string of the molecule is CCN1c2cccc(O)c2CC1CC=O. The fourth-order valence-corrected chi connectivity index (χ4v) is 2.33. The third-order valence-corrected chi connectivity index (χ3v) is 3.03. The van der Waals surface area contributed by atoms with Gasteiger partial charge in [0.05, 0.1) is 0 Å². The molecule has 1 aliphatic heterocycles. The fraction of sp³-hybridized carbons (Fsp3) is 0.417. The zero-order valence-electron chi connectivity index (χ0n) is 8.81. The third kappa shape index (κ3) is 1.58. The molecule has 2 rings (SSSR count). The van der Waals surface area contributed by atoms with Gasteiger partial charge < -0.3 is 14.8 Å². The number of fused-ring (bicyclic) bond motifs is 1. The van der Waals surface area contributed by atoms with Gasteiger partial charge in [-0.25, -0.2) is 0 Å². The van der Waals surface area contributed by atoms with Crippen LogP contribution in [-0.4, -0.2) is 24.0 Å². The van der Waals surface area contributed by atoms with Crippen molar-refractivity contribution in [2.24, 2.45) is 0 Å². The lowest BCUT2D eigenvalue weighted by Crippen LogP contribution is -2.31. The second-order valence-electron chi connectivity index (χ2n) is 3.82. The van der Waals surface area contributed by atoms with Crippen LogP contribution >= 0.6 is 0 Å². The Balaban J connectivity index is 2.36. The van der Waals surface area contributed by atoms with Gasteiger partial charge in [-0.1, -0.05) is 6.07 Å². The molecule has 1 heterocycles. The van der Waals surface area contributed by atoms with Crippen molar-refractivity contribution in [3.05, 3.63) is 23.8 Å². The minimum atomic E-state index is 0.218. The first-order valence-electron chi connectivity index (χ1n) is 5.29. The van der Waals surface area contributed by atoms with E-state index >= 15 is 0 Å². The second kappa shape index (κ2) is 3.93. The predicted molar refractivity (Wildman–Crippen MR) is 59.3 cm³/mol. The Labute approximate surface area is 89.3 Å². The van der Waals surface area contributed by atoms with Crippen molar-refractivity contribution < 1.29 is 9.90 Å². The lowest BCUT2D eigenvalue weighted by molar-refractivity contribution is -0.108. The molecular weight excluding hydrogens is 190 g/mol. The minimum absolute atomic E-state index is 0.218. The standard InChI is InChI=1S/C12H15NO2/c1-2-13-9(6-7-14)8-10-11(13)4-3-5-12(10)15/h3-5,7,9,15H,2,6,8H2,1H3. The van der Waals surface area contributed by atoms with E-state index in [0.717, 1.165) is 30.5 Å². The van der Waals surface area contributed by atoms with Crippen molar-refractivity contribution in [3.63, 3.8) is 0 Å². The molecule has 0 bridgehead atoms. The molecule has 1 aliphatic rings. The molecule has 1 aromatic rings. The van der Waals surface area contributed by atoms with E-state index in [2.05, 4.69) is 11.8 Å². The van der Waals surface area contributed by atoms with Gasteiger partial charge >= 0.3 is 0 Å². The van der Waals surface area contributed by atoms with Crippen LogP contribution in [0.3, 0.4) is 0 Å². The van der Waals surface area contributed by atoms with Gasteiger partial charge in [0.1, 0.15) is 12.0 Å². The number of phenolic OH excluding ortho intramolecular Hbond substituents is 1. The Bertz CT molecular complexity index is 376. The predicted octanol–water partition coefficient (Wildman–Crippen LogP) is 1.73. The van der Waals surface area contributed by atoms with Crippen LogP contribution in [-0.2, 0) is 11.2 Å². The van der Waals surface area contributed by atoms with E-state index in [-0.39, 0.29) is 6.04 Å². The van der Waals surface area contributed by atoms with Crippen LogP contribution in [0.2, 0.25) is 0 Å². The number of rotatable bonds is 3. The zero-order valence-corrected chi connectivity index (χ0v) is 8.81. The van der Waals surface area contributed by atoms with Gasteiger partial charge in [-0.05, 0) is 25.5 Å². The maximum absolute atomic E-state index is 10.6. The number of hydrogen-bond acceptors (Lipinski definition) is 3. The molecule has 0 spiro atoms. The van der Waals surface area contributed by atoms with E-state index in [9.17, 15) is 9.90 Å². The third-order valence-electron chi connectivity index (χ3n) is 3.03. The second-order valence-corrected chi connectivity index (χ2v) is 3.82. The van der Waals surface area contributed by atoms with Crippen LogP contribution in [0.15, 0.2) is 18.2 Å². The number of aromatic hydroxyl groups is 1. The highest BCUT2D eigenvalue weighted by Crippen LogP contribution is 2.37. The summed E-state index contributed by atoms with van der Waals surface area (Å²) in [7, 11) is 0. The summed E-state index contributed by atoms with van der Waals surface area (Å²) in [6, 6.07) is 5.77. The quantitative estimate of drug-likeness (QED) is 0.764. The van der Waals surface area contributed by atoms with E-state index in [1.165, 1.54) is 0 Å². The number of carbonyl (C=O) groups excluding carboxylic acids is 1. The summed E-state index contributed by atoms with van der Waals surface area (Å²) in [6.07, 6.45) is 2.26. The van der Waals surface area contributed by atoms with Crippen LogP contribution in [0.5, 0.6) is 5.75 Å². The molecule has 3 nitrogen and oxygen atoms in total. The molecule has 0 aliphatic carbocycles. The van der Waals surface area contributed by atoms with E-state index in [0.29, 0.717) is 12.2 Å². The first-order chi connectivity index (χ1) is 7.27. The molecule has 0 radical (unpaired) electrons. The molecular formula is C12H15NO2. The van der Waals surface area contributed by atoms with Crippen LogP contribution in [0.1, 0.15) is 18.9 Å². The molecule has 0 fully saturated rings. The highest BCUT2D eigenvalue weighted by Gasteiger charge is 2.29. The van der Waals surface area contributed by atoms with E-state index < -0.39 is 0 Å². The molecule has 0 saturated carbocycles. The summed E-state index contributed by atoms with van der Waals surface area (Å²) in [6.45, 7) is 2.94. The van der Waals surface area contributed by atoms with Gasteiger partial charge in [0.2, 0.25) is 0 Å². The highest BCUT2D eigenvalue weighted by atomic mass is 16.3. The van der Waals surface area contributed by atoms with E-state index in [1.54, 1.807) is 6.07 Å². The Hall–Kier alpha value is -1.51. The first-order valence-corrected chi connectivity index (χ1v) is 5.29. The minimum Gasteiger partial charge on any atom is -0.508 e. The monoisotopic (exact) mass is 205 g/mol. The summed E-state index contributed by atoms with van der Waals surface area (Å²) in [4.78, 5) is 12.8. The summed E-state index contributed by atoms with van der Waals surface area (Å²) in [5, 5.41) is 9.72. The molecule has 1 aromatic carbocycles. The van der Waals surface area contributed by atoms with Gasteiger partial charge in [-0.3, -0.25) is 0 Å². The summed E-state index contributed by atoms with van der Waals surface area (Å²) >= 11 is 0. The average molecular weight is 205 g/mol. The van der Waals surface area contributed by atoms with Gasteiger partial charge in [0, 0.05) is 30.3 Å². The Morgan fingerprint density at radius 2 is 2.40 bits per heavy atom. The topological polar surface area (TPSA) is 40.5 Å². The largest absolute Gasteiger partial charge is 0.508 e. The normalized spacial score (nSPS) is 19.0. The molecule has 0 amide bonds. The van der Waals surface area contributed by atoms with Crippen molar-refractivity contribution in [2.45, 2.75) is 25.8 Å². The number of benzene rings is 1. The van der Waals surface area contributed by atoms with Gasteiger partial charge in [-0.2, -0.15) is 0 Å². The van der Waals surface area contributed by atoms with Crippen molar-refractivity contribution in [3.8, 4) is 5.75 Å². The molecule has 15 heavy (non-hydrogen) atoms. The zero-order chi connectivity index (χ0) is 10.8. The number of nitrogens with zero attached hydrogens (tertiary/aromatic N) is 1. The number of aldehydes is 1. The Kier molecular flexibility index (Phi) is 2.62. The molecule has 1 unspecified atom stereocenters. The maximum atomic E-state index is 10.6. The molecule has 80 valence electrons. The lowest BCUT2D eigenvalue weighted by atomic mass is 10.1. The van der Waals surface area contributed by atoms with Crippen molar-refractivity contribution in [1.82, 2.24) is 0 Å². The molecule has 3 heteroatoms. The van der Waals surface area contributed by atoms with Crippen LogP contribution < -0.4 is 4.90 Å². The number of hydrogen-bond donors (Lipinski definition) is 1. The number of anilines is 1. The Morgan fingerprint density at radius 3 is 3.07 bits per heavy atom. The molecule has 0 aromatic heterocycles. The van der Waals surface area contributed by atoms with Gasteiger partial charge in [0.25, 0.3) is 0 Å². The first kappa shape index (κ1) is 10.0. The molecule has 0 saturated heterocycles. The van der Waals surface area contributed by atoms with Gasteiger partial charge in [0.15, 0.2) is 0 Å². The summed E-state index contributed by atoms with van der Waals surface area (Å²) < 4.78 is 0. The lowest BCUT2D eigenvalue weighted by Gasteiger charge is -2.24. The van der Waals surface area contributed by atoms with Crippen molar-refractivity contribution in [2.75, 3.05) is 11.4 Å². The average Bonchev–Trinajstić information content (AvgIpc) is 2.58. The van der Waals surface area contributed by atoms with Crippen LogP contribution in [0.25, 0.3) is 0 Å². The summed E-state index contributed by atoms with van der Waals surface area (Å²) in [5.74, 6) is 0.347. The van der Waals surface area contributed by atoms with Crippen molar-refractivity contribution in [1.29, 1.82) is 0 Å². The smallest absolute Gasteiger partial charge is 0.122 e. The number of likely N-dealkylation sites (N-methyl/N-ethyl adjacent to an activating group) is 1. The molecule has 1 N–H and O–H groups in total.